The number of anilines is 1. The SMILES string of the molecule is CC(C)(C)OC(=O)NC1CCN(c2ccc(Br)cn2)CC1F. The van der Waals surface area contributed by atoms with Crippen LogP contribution in [0.5, 0.6) is 0 Å². The molecule has 1 aliphatic rings. The first-order valence-corrected chi connectivity index (χ1v) is 8.04. The van der Waals surface area contributed by atoms with Crippen LogP contribution in [0.2, 0.25) is 0 Å². The molecular weight excluding hydrogens is 353 g/mol. The van der Waals surface area contributed by atoms with Gasteiger partial charge in [0.15, 0.2) is 0 Å². The fourth-order valence-electron chi connectivity index (χ4n) is 2.29. The third kappa shape index (κ3) is 4.83. The van der Waals surface area contributed by atoms with E-state index in [2.05, 4.69) is 26.2 Å². The normalized spacial score (nSPS) is 22.3. The van der Waals surface area contributed by atoms with Crippen molar-refractivity contribution < 1.29 is 13.9 Å². The van der Waals surface area contributed by atoms with Crippen molar-refractivity contribution in [3.63, 3.8) is 0 Å². The van der Waals surface area contributed by atoms with Gasteiger partial charge in [0.1, 0.15) is 17.6 Å². The molecule has 0 radical (unpaired) electrons. The number of alkyl carbamates (subject to hydrolysis) is 1. The van der Waals surface area contributed by atoms with Gasteiger partial charge in [-0.15, -0.1) is 0 Å². The predicted molar refractivity (Wildman–Crippen MR) is 86.8 cm³/mol. The monoisotopic (exact) mass is 373 g/mol. The summed E-state index contributed by atoms with van der Waals surface area (Å²) < 4.78 is 20.4. The molecule has 1 N–H and O–H groups in total. The first kappa shape index (κ1) is 17.0. The van der Waals surface area contributed by atoms with E-state index in [4.69, 9.17) is 4.74 Å². The maximum absolute atomic E-state index is 14.3. The summed E-state index contributed by atoms with van der Waals surface area (Å²) in [5, 5.41) is 2.62. The third-order valence-electron chi connectivity index (χ3n) is 3.28. The Hall–Kier alpha value is -1.37. The molecule has 1 amide bonds. The second kappa shape index (κ2) is 6.81. The molecule has 0 aromatic carbocycles. The molecule has 122 valence electrons. The van der Waals surface area contributed by atoms with Gasteiger partial charge < -0.3 is 15.0 Å². The molecule has 0 saturated carbocycles. The van der Waals surface area contributed by atoms with Gasteiger partial charge in [-0.05, 0) is 55.3 Å². The summed E-state index contributed by atoms with van der Waals surface area (Å²) in [4.78, 5) is 17.9. The van der Waals surface area contributed by atoms with Crippen molar-refractivity contribution in [3.05, 3.63) is 22.8 Å². The Morgan fingerprint density at radius 2 is 2.23 bits per heavy atom. The van der Waals surface area contributed by atoms with Crippen LogP contribution in [0.4, 0.5) is 15.0 Å². The minimum absolute atomic E-state index is 0.203. The summed E-state index contributed by atoms with van der Waals surface area (Å²) in [7, 11) is 0. The Balaban J connectivity index is 1.90. The van der Waals surface area contributed by atoms with Crippen molar-refractivity contribution in [2.45, 2.75) is 45.0 Å². The summed E-state index contributed by atoms with van der Waals surface area (Å²) in [5.74, 6) is 0.738. The zero-order valence-corrected chi connectivity index (χ0v) is 14.6. The Bertz CT molecular complexity index is 519. The number of ether oxygens (including phenoxy) is 1. The molecule has 1 aliphatic heterocycles. The highest BCUT2D eigenvalue weighted by molar-refractivity contribution is 9.10. The summed E-state index contributed by atoms with van der Waals surface area (Å²) in [5.41, 5.74) is -0.585. The fraction of sp³-hybridized carbons (Fsp3) is 0.600. The molecule has 2 unspecified atom stereocenters. The van der Waals surface area contributed by atoms with E-state index < -0.39 is 23.9 Å². The lowest BCUT2D eigenvalue weighted by Crippen LogP contribution is -2.53. The molecule has 2 heterocycles. The molecule has 0 bridgehead atoms. The lowest BCUT2D eigenvalue weighted by Gasteiger charge is -2.36. The van der Waals surface area contributed by atoms with E-state index in [9.17, 15) is 9.18 Å². The smallest absolute Gasteiger partial charge is 0.407 e. The fourth-order valence-corrected chi connectivity index (χ4v) is 2.52. The highest BCUT2D eigenvalue weighted by Crippen LogP contribution is 2.21. The molecule has 1 saturated heterocycles. The van der Waals surface area contributed by atoms with Crippen molar-refractivity contribution in [1.82, 2.24) is 10.3 Å². The maximum Gasteiger partial charge on any atom is 0.407 e. The molecule has 1 aromatic rings. The van der Waals surface area contributed by atoms with Crippen molar-refractivity contribution in [2.24, 2.45) is 0 Å². The molecule has 1 fully saturated rings. The number of carbonyl (C=O) groups excluding carboxylic acids is 1. The van der Waals surface area contributed by atoms with Crippen LogP contribution in [0, 0.1) is 0 Å². The zero-order chi connectivity index (χ0) is 16.3. The minimum atomic E-state index is -1.16. The van der Waals surface area contributed by atoms with Gasteiger partial charge in [0.2, 0.25) is 0 Å². The van der Waals surface area contributed by atoms with E-state index in [1.54, 1.807) is 27.0 Å². The molecule has 2 rings (SSSR count). The zero-order valence-electron chi connectivity index (χ0n) is 13.0. The van der Waals surface area contributed by atoms with E-state index in [1.165, 1.54) is 0 Å². The first-order valence-electron chi connectivity index (χ1n) is 7.25. The largest absolute Gasteiger partial charge is 0.444 e. The van der Waals surface area contributed by atoms with Gasteiger partial charge in [0.25, 0.3) is 0 Å². The number of alkyl halides is 1. The Morgan fingerprint density at radius 1 is 1.50 bits per heavy atom. The van der Waals surface area contributed by atoms with E-state index >= 15 is 0 Å². The Kier molecular flexibility index (Phi) is 5.26. The number of aromatic nitrogens is 1. The van der Waals surface area contributed by atoms with Crippen molar-refractivity contribution in [2.75, 3.05) is 18.0 Å². The van der Waals surface area contributed by atoms with Crippen LogP contribution in [0.1, 0.15) is 27.2 Å². The van der Waals surface area contributed by atoms with Gasteiger partial charge in [-0.2, -0.15) is 0 Å². The number of carbonyl (C=O) groups is 1. The van der Waals surface area contributed by atoms with E-state index in [0.717, 1.165) is 10.3 Å². The average molecular weight is 374 g/mol. The second-order valence-electron chi connectivity index (χ2n) is 6.34. The standard InChI is InChI=1S/C15H21BrFN3O2/c1-15(2,3)22-14(21)19-12-6-7-20(9-11(12)17)13-5-4-10(16)8-18-13/h4-5,8,11-12H,6-7,9H2,1-3H3,(H,19,21). The number of halogens is 2. The number of hydrogen-bond donors (Lipinski definition) is 1. The summed E-state index contributed by atoms with van der Waals surface area (Å²) in [6.07, 6.45) is 0.466. The van der Waals surface area contributed by atoms with Gasteiger partial charge in [-0.3, -0.25) is 0 Å². The number of piperidine rings is 1. The summed E-state index contributed by atoms with van der Waals surface area (Å²) in [6.45, 7) is 6.18. The van der Waals surface area contributed by atoms with E-state index in [-0.39, 0.29) is 6.54 Å². The van der Waals surface area contributed by atoms with Gasteiger partial charge in [-0.1, -0.05) is 0 Å². The van der Waals surface area contributed by atoms with Crippen molar-refractivity contribution >= 4 is 27.8 Å². The number of rotatable bonds is 2. The van der Waals surface area contributed by atoms with Crippen LogP contribution in [-0.2, 0) is 4.74 Å². The van der Waals surface area contributed by atoms with E-state index in [0.29, 0.717) is 13.0 Å². The minimum Gasteiger partial charge on any atom is -0.444 e. The number of pyridine rings is 1. The van der Waals surface area contributed by atoms with Gasteiger partial charge in [0.05, 0.1) is 12.6 Å². The lowest BCUT2D eigenvalue weighted by atomic mass is 10.0. The molecule has 1 aromatic heterocycles. The van der Waals surface area contributed by atoms with Crippen LogP contribution in [0.15, 0.2) is 22.8 Å². The highest BCUT2D eigenvalue weighted by atomic mass is 79.9. The lowest BCUT2D eigenvalue weighted by molar-refractivity contribution is 0.0463. The molecule has 0 spiro atoms. The van der Waals surface area contributed by atoms with Crippen molar-refractivity contribution in [3.8, 4) is 0 Å². The second-order valence-corrected chi connectivity index (χ2v) is 7.25. The van der Waals surface area contributed by atoms with Crippen LogP contribution < -0.4 is 10.2 Å². The third-order valence-corrected chi connectivity index (χ3v) is 3.75. The van der Waals surface area contributed by atoms with Gasteiger partial charge in [-0.25, -0.2) is 14.2 Å². The number of nitrogens with zero attached hydrogens (tertiary/aromatic N) is 2. The molecule has 5 nitrogen and oxygen atoms in total. The summed E-state index contributed by atoms with van der Waals surface area (Å²) in [6, 6.07) is 3.19. The van der Waals surface area contributed by atoms with Crippen LogP contribution in [0.3, 0.4) is 0 Å². The van der Waals surface area contributed by atoms with Crippen LogP contribution in [-0.4, -0.2) is 42.0 Å². The average Bonchev–Trinajstić information content (AvgIpc) is 2.40. The highest BCUT2D eigenvalue weighted by Gasteiger charge is 2.32. The topological polar surface area (TPSA) is 54.5 Å². The maximum atomic E-state index is 14.3. The van der Waals surface area contributed by atoms with Gasteiger partial charge in [0, 0.05) is 17.2 Å². The van der Waals surface area contributed by atoms with Crippen molar-refractivity contribution in [1.29, 1.82) is 0 Å². The molecule has 22 heavy (non-hydrogen) atoms. The number of hydrogen-bond acceptors (Lipinski definition) is 4. The number of amides is 1. The molecule has 7 heteroatoms. The van der Waals surface area contributed by atoms with Crippen LogP contribution in [0.25, 0.3) is 0 Å². The predicted octanol–water partition coefficient (Wildman–Crippen LogP) is 3.29. The Labute approximate surface area is 138 Å². The molecule has 2 atom stereocenters. The number of nitrogens with one attached hydrogen (secondary N) is 1. The quantitative estimate of drug-likeness (QED) is 0.863. The summed E-state index contributed by atoms with van der Waals surface area (Å²) >= 11 is 3.33. The van der Waals surface area contributed by atoms with E-state index in [1.807, 2.05) is 17.0 Å². The first-order chi connectivity index (χ1) is 10.2. The van der Waals surface area contributed by atoms with Gasteiger partial charge >= 0.3 is 6.09 Å². The van der Waals surface area contributed by atoms with Crippen LogP contribution >= 0.6 is 15.9 Å². The molecule has 0 aliphatic carbocycles. The Morgan fingerprint density at radius 3 is 2.77 bits per heavy atom. The molecular formula is C15H21BrFN3O2.